The molecule has 0 spiro atoms. The fraction of sp³-hybridized carbons (Fsp3) is 0.500. The number of benzene rings is 1. The third-order valence-electron chi connectivity index (χ3n) is 3.92. The first-order chi connectivity index (χ1) is 11.3. The predicted molar refractivity (Wildman–Crippen MR) is 94.3 cm³/mol. The Kier molecular flexibility index (Phi) is 6.78. The van der Waals surface area contributed by atoms with E-state index in [1.54, 1.807) is 20.2 Å². The molecule has 1 aliphatic carbocycles. The van der Waals surface area contributed by atoms with Crippen LogP contribution in [0.5, 0.6) is 11.5 Å². The molecule has 1 aromatic carbocycles. The molecule has 0 aliphatic heterocycles. The van der Waals surface area contributed by atoms with Crippen molar-refractivity contribution in [2.24, 2.45) is 4.99 Å². The number of ether oxygens (including phenoxy) is 2. The first-order valence-corrected chi connectivity index (χ1v) is 8.15. The lowest BCUT2D eigenvalue weighted by atomic mass is 10.2. The lowest BCUT2D eigenvalue weighted by Crippen LogP contribution is -2.36. The van der Waals surface area contributed by atoms with E-state index in [1.807, 2.05) is 18.2 Å². The molecule has 0 amide bonds. The van der Waals surface area contributed by atoms with Crippen LogP contribution in [0.1, 0.15) is 31.2 Å². The van der Waals surface area contributed by atoms with Crippen LogP contribution in [0.4, 0.5) is 0 Å². The van der Waals surface area contributed by atoms with Crippen molar-refractivity contribution in [2.45, 2.75) is 38.3 Å². The van der Waals surface area contributed by atoms with Gasteiger partial charge in [0.25, 0.3) is 0 Å². The van der Waals surface area contributed by atoms with Gasteiger partial charge in [-0.1, -0.05) is 12.1 Å². The summed E-state index contributed by atoms with van der Waals surface area (Å²) < 4.78 is 11.5. The minimum Gasteiger partial charge on any atom is -0.493 e. The van der Waals surface area contributed by atoms with E-state index < -0.39 is 0 Å². The number of hydrogen-bond donors (Lipinski definition) is 2. The Labute approximate surface area is 138 Å². The normalized spacial score (nSPS) is 15.3. The Morgan fingerprint density at radius 3 is 2.74 bits per heavy atom. The van der Waals surface area contributed by atoms with Gasteiger partial charge < -0.3 is 20.1 Å². The monoisotopic (exact) mass is 317 g/mol. The highest BCUT2D eigenvalue weighted by Gasteiger charge is 2.18. The predicted octanol–water partition coefficient (Wildman–Crippen LogP) is 2.87. The van der Waals surface area contributed by atoms with E-state index >= 15 is 0 Å². The zero-order valence-electron chi connectivity index (χ0n) is 14.1. The number of nitrogens with one attached hydrogen (secondary N) is 2. The van der Waals surface area contributed by atoms with Gasteiger partial charge in [0.05, 0.1) is 13.2 Å². The molecule has 5 nitrogen and oxygen atoms in total. The van der Waals surface area contributed by atoms with Crippen LogP contribution in [0.2, 0.25) is 0 Å². The summed E-state index contributed by atoms with van der Waals surface area (Å²) in [6, 6.07) is 6.04. The molecular formula is C18H27N3O2. The lowest BCUT2D eigenvalue weighted by molar-refractivity contribution is 0.200. The van der Waals surface area contributed by atoms with E-state index in [2.05, 4.69) is 22.2 Å². The van der Waals surface area contributed by atoms with E-state index in [0.29, 0.717) is 19.2 Å². The van der Waals surface area contributed by atoms with Crippen molar-refractivity contribution in [2.75, 3.05) is 20.7 Å². The summed E-state index contributed by atoms with van der Waals surface area (Å²) in [6.45, 7) is 5.04. The Hall–Kier alpha value is -2.17. The molecule has 0 bridgehead atoms. The van der Waals surface area contributed by atoms with Gasteiger partial charge in [0, 0.05) is 20.1 Å². The topological polar surface area (TPSA) is 54.9 Å². The highest BCUT2D eigenvalue weighted by Crippen LogP contribution is 2.32. The molecule has 0 aromatic heterocycles. The molecule has 0 radical (unpaired) electrons. The maximum atomic E-state index is 6.12. The van der Waals surface area contributed by atoms with Crippen LogP contribution in [0.3, 0.4) is 0 Å². The van der Waals surface area contributed by atoms with Gasteiger partial charge in [-0.3, -0.25) is 4.99 Å². The summed E-state index contributed by atoms with van der Waals surface area (Å²) >= 11 is 0. The van der Waals surface area contributed by atoms with Gasteiger partial charge >= 0.3 is 0 Å². The quantitative estimate of drug-likeness (QED) is 0.461. The molecule has 1 aliphatic rings. The van der Waals surface area contributed by atoms with Crippen molar-refractivity contribution in [3.63, 3.8) is 0 Å². The van der Waals surface area contributed by atoms with Crippen LogP contribution in [0.15, 0.2) is 35.8 Å². The van der Waals surface area contributed by atoms with Gasteiger partial charge in [0.1, 0.15) is 0 Å². The first-order valence-electron chi connectivity index (χ1n) is 8.15. The van der Waals surface area contributed by atoms with Gasteiger partial charge in [0.2, 0.25) is 0 Å². The van der Waals surface area contributed by atoms with Crippen LogP contribution in [-0.4, -0.2) is 32.8 Å². The molecule has 1 saturated carbocycles. The van der Waals surface area contributed by atoms with Crippen molar-refractivity contribution in [1.29, 1.82) is 0 Å². The van der Waals surface area contributed by atoms with Crippen LogP contribution >= 0.6 is 0 Å². The Morgan fingerprint density at radius 1 is 1.30 bits per heavy atom. The standard InChI is InChI=1S/C18H27N3O2/c1-4-11-20-18(19-2)21-13-14-9-10-16(22-3)17(12-14)23-15-7-5-6-8-15/h4,9-10,12,15H,1,5-8,11,13H2,2-3H3,(H2,19,20,21). The molecule has 23 heavy (non-hydrogen) atoms. The van der Waals surface area contributed by atoms with E-state index in [9.17, 15) is 0 Å². The number of aliphatic imine (C=N–C) groups is 1. The molecular weight excluding hydrogens is 290 g/mol. The van der Waals surface area contributed by atoms with Gasteiger partial charge in [-0.15, -0.1) is 6.58 Å². The Morgan fingerprint density at radius 2 is 2.09 bits per heavy atom. The number of nitrogens with zero attached hydrogens (tertiary/aromatic N) is 1. The maximum absolute atomic E-state index is 6.12. The largest absolute Gasteiger partial charge is 0.493 e. The fourth-order valence-corrected chi connectivity index (χ4v) is 2.68. The molecule has 1 aromatic rings. The Bertz CT molecular complexity index is 537. The molecule has 5 heteroatoms. The molecule has 2 rings (SSSR count). The van der Waals surface area contributed by atoms with Gasteiger partial charge in [-0.2, -0.15) is 0 Å². The number of methoxy groups -OCH3 is 1. The van der Waals surface area contributed by atoms with E-state index in [4.69, 9.17) is 9.47 Å². The average Bonchev–Trinajstić information content (AvgIpc) is 3.08. The first kappa shape index (κ1) is 17.2. The summed E-state index contributed by atoms with van der Waals surface area (Å²) in [5, 5.41) is 6.42. The summed E-state index contributed by atoms with van der Waals surface area (Å²) in [5.74, 6) is 2.36. The van der Waals surface area contributed by atoms with Crippen molar-refractivity contribution in [1.82, 2.24) is 10.6 Å². The van der Waals surface area contributed by atoms with Crippen LogP contribution in [0.25, 0.3) is 0 Å². The smallest absolute Gasteiger partial charge is 0.191 e. The van der Waals surface area contributed by atoms with Crippen molar-refractivity contribution in [3.8, 4) is 11.5 Å². The Balaban J connectivity index is 1.99. The van der Waals surface area contributed by atoms with Crippen molar-refractivity contribution < 1.29 is 9.47 Å². The number of hydrogen-bond acceptors (Lipinski definition) is 3. The maximum Gasteiger partial charge on any atom is 0.191 e. The highest BCUT2D eigenvalue weighted by atomic mass is 16.5. The molecule has 1 fully saturated rings. The third kappa shape index (κ3) is 5.20. The zero-order valence-corrected chi connectivity index (χ0v) is 14.1. The van der Waals surface area contributed by atoms with E-state index in [0.717, 1.165) is 35.9 Å². The SMILES string of the molecule is C=CCNC(=NC)NCc1ccc(OC)c(OC2CCCC2)c1. The lowest BCUT2D eigenvalue weighted by Gasteiger charge is -2.17. The molecule has 0 saturated heterocycles. The van der Waals surface area contributed by atoms with Crippen LogP contribution < -0.4 is 20.1 Å². The van der Waals surface area contributed by atoms with Gasteiger partial charge in [-0.25, -0.2) is 0 Å². The summed E-state index contributed by atoms with van der Waals surface area (Å²) in [7, 11) is 3.43. The number of guanidine groups is 1. The van der Waals surface area contributed by atoms with E-state index in [-0.39, 0.29) is 0 Å². The molecule has 2 N–H and O–H groups in total. The van der Waals surface area contributed by atoms with Crippen LogP contribution in [0, 0.1) is 0 Å². The summed E-state index contributed by atoms with van der Waals surface area (Å²) in [5.41, 5.74) is 1.13. The summed E-state index contributed by atoms with van der Waals surface area (Å²) in [4.78, 5) is 4.17. The molecule has 0 heterocycles. The third-order valence-corrected chi connectivity index (χ3v) is 3.92. The second-order valence-corrected chi connectivity index (χ2v) is 5.60. The van der Waals surface area contributed by atoms with Crippen molar-refractivity contribution >= 4 is 5.96 Å². The highest BCUT2D eigenvalue weighted by molar-refractivity contribution is 5.79. The van der Waals surface area contributed by atoms with Gasteiger partial charge in [-0.05, 0) is 43.4 Å². The minimum atomic E-state index is 0.314. The molecule has 126 valence electrons. The van der Waals surface area contributed by atoms with Crippen LogP contribution in [-0.2, 0) is 6.54 Å². The van der Waals surface area contributed by atoms with Crippen molar-refractivity contribution in [3.05, 3.63) is 36.4 Å². The van der Waals surface area contributed by atoms with Gasteiger partial charge in [0.15, 0.2) is 17.5 Å². The minimum absolute atomic E-state index is 0.314. The zero-order chi connectivity index (χ0) is 16.5. The fourth-order valence-electron chi connectivity index (χ4n) is 2.68. The average molecular weight is 317 g/mol. The summed E-state index contributed by atoms with van der Waals surface area (Å²) in [6.07, 6.45) is 6.87. The number of rotatable bonds is 7. The van der Waals surface area contributed by atoms with E-state index in [1.165, 1.54) is 12.8 Å². The second kappa shape index (κ2) is 9.08. The second-order valence-electron chi connectivity index (χ2n) is 5.60. The molecule has 0 unspecified atom stereocenters. The molecule has 0 atom stereocenters.